The van der Waals surface area contributed by atoms with Crippen molar-refractivity contribution in [1.29, 1.82) is 0 Å². The van der Waals surface area contributed by atoms with Crippen LogP contribution >= 0.6 is 0 Å². The lowest BCUT2D eigenvalue weighted by atomic mass is 9.89. The van der Waals surface area contributed by atoms with Crippen LogP contribution in [0.3, 0.4) is 0 Å². The molecule has 19 heteroatoms. The molecular formula is C40H65N11O8. The van der Waals surface area contributed by atoms with E-state index in [2.05, 4.69) is 30.7 Å². The largest absolute Gasteiger partial charge is 0.467 e. The van der Waals surface area contributed by atoms with E-state index in [1.807, 2.05) is 58.0 Å². The number of likely N-dealkylation sites (tertiary alicyclic amines) is 1. The van der Waals surface area contributed by atoms with Crippen LogP contribution in [0.15, 0.2) is 40.6 Å². The molecule has 328 valence electrons. The van der Waals surface area contributed by atoms with Gasteiger partial charge in [0.2, 0.25) is 23.6 Å². The number of nitrogens with one attached hydrogen (secondary N) is 2. The van der Waals surface area contributed by atoms with Gasteiger partial charge in [0.05, 0.1) is 61.9 Å². The lowest BCUT2D eigenvalue weighted by molar-refractivity contribution is -0.148. The fourth-order valence-corrected chi connectivity index (χ4v) is 8.08. The zero-order chi connectivity index (χ0) is 44.6. The predicted molar refractivity (Wildman–Crippen MR) is 221 cm³/mol. The first kappa shape index (κ1) is 50.2. The van der Waals surface area contributed by atoms with E-state index in [4.69, 9.17) is 14.2 Å². The third-order valence-electron chi connectivity index (χ3n) is 11.3. The Kier molecular flexibility index (Phi) is 20.6. The van der Waals surface area contributed by atoms with Gasteiger partial charge in [0, 0.05) is 44.1 Å². The summed E-state index contributed by atoms with van der Waals surface area (Å²) >= 11 is 0. The molecule has 4 amide bonds. The Labute approximate surface area is 348 Å². The summed E-state index contributed by atoms with van der Waals surface area (Å²) in [6, 6.07) is 3.40. The van der Waals surface area contributed by atoms with Gasteiger partial charge in [0.1, 0.15) is 12.1 Å². The van der Waals surface area contributed by atoms with Crippen LogP contribution in [0.4, 0.5) is 0 Å². The van der Waals surface area contributed by atoms with E-state index in [1.54, 1.807) is 39.9 Å². The van der Waals surface area contributed by atoms with E-state index in [0.29, 0.717) is 6.42 Å². The molecule has 1 saturated heterocycles. The van der Waals surface area contributed by atoms with Crippen LogP contribution in [0.1, 0.15) is 66.4 Å². The third-order valence-corrected chi connectivity index (χ3v) is 11.3. The standard InChI is InChI=1S/C40H65N11O8/c1-13-24(4)35(50(9)39(55)33(26(6)45-47-41)44-38(54)34(23(2)3)49(7)8)31(57-10)21-32(52)51-22-28(46-48-42)20-30(51)36(58-11)25(5)37(53)43-29(40(56)59-12)19-27-17-15-14-16-18-27/h14-18,23-26,28-31,33-36H,13,19-22H2,1-12H3,(H,43,53)(H,44,54)/t24-,25+,26-,28-,29-,30-,31+,33-,34-,35-,36+/m0/s1. The average Bonchev–Trinajstić information content (AvgIpc) is 3.62. The van der Waals surface area contributed by atoms with Gasteiger partial charge in [-0.15, -0.1) is 0 Å². The van der Waals surface area contributed by atoms with Crippen LogP contribution < -0.4 is 10.6 Å². The van der Waals surface area contributed by atoms with Crippen molar-refractivity contribution in [3.05, 3.63) is 56.8 Å². The Morgan fingerprint density at radius 1 is 0.932 bits per heavy atom. The number of benzene rings is 1. The molecule has 0 spiro atoms. The summed E-state index contributed by atoms with van der Waals surface area (Å²) in [7, 11) is 9.21. The second-order valence-corrected chi connectivity index (χ2v) is 15.9. The first-order valence-electron chi connectivity index (χ1n) is 20.0. The van der Waals surface area contributed by atoms with Gasteiger partial charge < -0.3 is 34.6 Å². The van der Waals surface area contributed by atoms with Crippen molar-refractivity contribution in [1.82, 2.24) is 25.3 Å². The van der Waals surface area contributed by atoms with Gasteiger partial charge in [-0.3, -0.25) is 24.1 Å². The normalized spacial score (nSPS) is 19.7. The zero-order valence-corrected chi connectivity index (χ0v) is 36.6. The van der Waals surface area contributed by atoms with Crippen molar-refractivity contribution in [2.24, 2.45) is 28.0 Å². The molecule has 0 bridgehead atoms. The number of rotatable bonds is 23. The highest BCUT2D eigenvalue weighted by Crippen LogP contribution is 2.31. The van der Waals surface area contributed by atoms with Crippen LogP contribution in [-0.4, -0.2) is 148 Å². The number of azide groups is 2. The van der Waals surface area contributed by atoms with Crippen molar-refractivity contribution >= 4 is 29.6 Å². The molecule has 2 rings (SSSR count). The van der Waals surface area contributed by atoms with Gasteiger partial charge in [-0.2, -0.15) is 0 Å². The molecule has 0 radical (unpaired) electrons. The van der Waals surface area contributed by atoms with E-state index < -0.39 is 90.0 Å². The van der Waals surface area contributed by atoms with Crippen molar-refractivity contribution in [2.45, 2.75) is 122 Å². The summed E-state index contributed by atoms with van der Waals surface area (Å²) in [5.74, 6) is -3.63. The summed E-state index contributed by atoms with van der Waals surface area (Å²) in [6.07, 6.45) is -0.968. The summed E-state index contributed by atoms with van der Waals surface area (Å²) in [5.41, 5.74) is 19.4. The number of carbonyl (C=O) groups is 5. The molecule has 1 fully saturated rings. The van der Waals surface area contributed by atoms with E-state index in [9.17, 15) is 35.0 Å². The lowest BCUT2D eigenvalue weighted by Gasteiger charge is -2.41. The molecule has 1 aromatic carbocycles. The quantitative estimate of drug-likeness (QED) is 0.0703. The smallest absolute Gasteiger partial charge is 0.328 e. The molecule has 1 aliphatic heterocycles. The first-order valence-corrected chi connectivity index (χ1v) is 20.0. The second kappa shape index (κ2) is 24.2. The Bertz CT molecular complexity index is 1650. The van der Waals surface area contributed by atoms with Crippen LogP contribution in [-0.2, 0) is 44.6 Å². The third kappa shape index (κ3) is 13.5. The minimum atomic E-state index is -1.22. The Morgan fingerprint density at radius 2 is 1.58 bits per heavy atom. The van der Waals surface area contributed by atoms with Gasteiger partial charge in [-0.05, 0) is 49.0 Å². The zero-order valence-electron chi connectivity index (χ0n) is 36.6. The van der Waals surface area contributed by atoms with Crippen LogP contribution in [0, 0.1) is 17.8 Å². The number of hydrogen-bond acceptors (Lipinski definition) is 11. The molecule has 0 saturated carbocycles. The highest BCUT2D eigenvalue weighted by molar-refractivity contribution is 5.91. The molecule has 2 N–H and O–H groups in total. The molecule has 0 aromatic heterocycles. The summed E-state index contributed by atoms with van der Waals surface area (Å²) in [4.78, 5) is 79.5. The molecule has 1 aromatic rings. The summed E-state index contributed by atoms with van der Waals surface area (Å²) in [6.45, 7) is 10.9. The number of likely N-dealkylation sites (N-methyl/N-ethyl adjacent to an activating group) is 2. The number of methoxy groups -OCH3 is 3. The summed E-state index contributed by atoms with van der Waals surface area (Å²) in [5, 5.41) is 13.3. The Balaban J connectivity index is 2.45. The predicted octanol–water partition coefficient (Wildman–Crippen LogP) is 3.87. The van der Waals surface area contributed by atoms with Gasteiger partial charge >= 0.3 is 5.97 Å². The molecule has 19 nitrogen and oxygen atoms in total. The van der Waals surface area contributed by atoms with E-state index >= 15 is 0 Å². The SMILES string of the molecule is CC[C@H](C)[C@@H]([C@@H](CC(=O)N1C[C@@H](N=[N+]=[N-])C[C@H]1[C@H](OC)[C@@H](C)C(=O)N[C@@H](Cc1ccccc1)C(=O)OC)OC)N(C)C(=O)[C@@H](NC(=O)[C@H](C(C)C)N(C)C)[C@H](C)N=[N+]=[N-]. The van der Waals surface area contributed by atoms with E-state index in [1.165, 1.54) is 31.1 Å². The van der Waals surface area contributed by atoms with E-state index in [0.717, 1.165) is 5.56 Å². The lowest BCUT2D eigenvalue weighted by Crippen LogP contribution is -2.60. The number of carbonyl (C=O) groups excluding carboxylic acids is 5. The fourth-order valence-electron chi connectivity index (χ4n) is 8.08. The maximum Gasteiger partial charge on any atom is 0.328 e. The minimum absolute atomic E-state index is 0.0421. The van der Waals surface area contributed by atoms with Crippen LogP contribution in [0.5, 0.6) is 0 Å². The van der Waals surface area contributed by atoms with Gasteiger partial charge in [-0.25, -0.2) is 4.79 Å². The number of esters is 1. The monoisotopic (exact) mass is 828 g/mol. The van der Waals surface area contributed by atoms with E-state index in [-0.39, 0.29) is 37.6 Å². The van der Waals surface area contributed by atoms with Crippen molar-refractivity contribution < 1.29 is 38.2 Å². The van der Waals surface area contributed by atoms with Gasteiger partial charge in [-0.1, -0.05) is 88.5 Å². The summed E-state index contributed by atoms with van der Waals surface area (Å²) < 4.78 is 16.9. The molecule has 1 aliphatic rings. The highest BCUT2D eigenvalue weighted by atomic mass is 16.5. The number of amides is 4. The highest BCUT2D eigenvalue weighted by Gasteiger charge is 2.46. The number of ether oxygens (including phenoxy) is 3. The number of nitrogens with zero attached hydrogens (tertiary/aromatic N) is 9. The maximum atomic E-state index is 14.5. The second-order valence-electron chi connectivity index (χ2n) is 15.9. The molecular weight excluding hydrogens is 763 g/mol. The topological polar surface area (TPSA) is 244 Å². The Hall–Kier alpha value is -4.93. The van der Waals surface area contributed by atoms with Crippen molar-refractivity contribution in [2.75, 3.05) is 49.0 Å². The maximum absolute atomic E-state index is 14.5. The molecule has 11 atom stereocenters. The van der Waals surface area contributed by atoms with Crippen LogP contribution in [0.25, 0.3) is 20.9 Å². The average molecular weight is 828 g/mol. The molecule has 1 heterocycles. The minimum Gasteiger partial charge on any atom is -0.467 e. The molecule has 0 aliphatic carbocycles. The molecule has 0 unspecified atom stereocenters. The first-order chi connectivity index (χ1) is 27.9. The molecule has 59 heavy (non-hydrogen) atoms. The van der Waals surface area contributed by atoms with Crippen molar-refractivity contribution in [3.63, 3.8) is 0 Å². The fraction of sp³-hybridized carbons (Fsp3) is 0.725. The Morgan fingerprint density at radius 3 is 2.08 bits per heavy atom. The number of hydrogen-bond donors (Lipinski definition) is 2. The van der Waals surface area contributed by atoms with Gasteiger partial charge in [0.15, 0.2) is 0 Å². The van der Waals surface area contributed by atoms with Gasteiger partial charge in [0.25, 0.3) is 0 Å². The van der Waals surface area contributed by atoms with Crippen molar-refractivity contribution in [3.8, 4) is 0 Å². The van der Waals surface area contributed by atoms with Crippen LogP contribution in [0.2, 0.25) is 0 Å².